The van der Waals surface area contributed by atoms with Gasteiger partial charge in [0.2, 0.25) is 0 Å². The Morgan fingerprint density at radius 1 is 1.46 bits per heavy atom. The minimum atomic E-state index is -0.0499. The second kappa shape index (κ2) is 3.46. The van der Waals surface area contributed by atoms with Gasteiger partial charge in [-0.3, -0.25) is 0 Å². The van der Waals surface area contributed by atoms with Crippen LogP contribution in [0.15, 0.2) is 24.3 Å². The van der Waals surface area contributed by atoms with Crippen molar-refractivity contribution in [3.63, 3.8) is 0 Å². The lowest BCUT2D eigenvalue weighted by atomic mass is 10.1. The van der Waals surface area contributed by atoms with Gasteiger partial charge in [-0.05, 0) is 43.5 Å². The first-order valence-electron chi connectivity index (χ1n) is 4.72. The van der Waals surface area contributed by atoms with E-state index in [9.17, 15) is 4.39 Å². The van der Waals surface area contributed by atoms with Crippen molar-refractivity contribution in [2.24, 2.45) is 5.92 Å². The van der Waals surface area contributed by atoms with Crippen molar-refractivity contribution in [2.75, 3.05) is 13.6 Å². The van der Waals surface area contributed by atoms with Crippen LogP contribution in [-0.2, 0) is 0 Å². The summed E-state index contributed by atoms with van der Waals surface area (Å²) in [6.45, 7) is 0.999. The molecule has 0 amide bonds. The normalized spacial score (nSPS) is 26.0. The number of hydrogen-bond donors (Lipinski definition) is 1. The highest BCUT2D eigenvalue weighted by molar-refractivity contribution is 5.27. The van der Waals surface area contributed by atoms with Crippen molar-refractivity contribution in [1.29, 1.82) is 0 Å². The molecule has 70 valence electrons. The Kier molecular flexibility index (Phi) is 2.32. The fourth-order valence-corrected chi connectivity index (χ4v) is 1.89. The van der Waals surface area contributed by atoms with Crippen molar-refractivity contribution in [1.82, 2.24) is 5.32 Å². The van der Waals surface area contributed by atoms with E-state index in [1.54, 1.807) is 12.1 Å². The van der Waals surface area contributed by atoms with Gasteiger partial charge >= 0.3 is 0 Å². The molecule has 2 rings (SSSR count). The third-order valence-corrected chi connectivity index (χ3v) is 2.69. The summed E-state index contributed by atoms with van der Waals surface area (Å²) < 4.78 is 13.3. The fourth-order valence-electron chi connectivity index (χ4n) is 1.89. The summed E-state index contributed by atoms with van der Waals surface area (Å²) in [5.41, 5.74) is 0.891. The van der Waals surface area contributed by atoms with Crippen LogP contribution >= 0.6 is 0 Å². The average Bonchev–Trinajstić information content (AvgIpc) is 2.86. The third-order valence-electron chi connectivity index (χ3n) is 2.69. The number of hydrogen-bond acceptors (Lipinski definition) is 1. The molecule has 0 saturated heterocycles. The highest BCUT2D eigenvalue weighted by Gasteiger charge is 2.38. The van der Waals surface area contributed by atoms with Crippen LogP contribution in [0.2, 0.25) is 0 Å². The molecule has 0 spiro atoms. The second-order valence-corrected chi connectivity index (χ2v) is 3.68. The molecule has 1 aliphatic carbocycles. The monoisotopic (exact) mass is 179 g/mol. The summed E-state index contributed by atoms with van der Waals surface area (Å²) in [5, 5.41) is 3.13. The molecule has 0 heterocycles. The predicted octanol–water partition coefficient (Wildman–Crippen LogP) is 2.15. The Hall–Kier alpha value is -0.890. The van der Waals surface area contributed by atoms with E-state index in [2.05, 4.69) is 5.32 Å². The van der Waals surface area contributed by atoms with Gasteiger partial charge in [0.05, 0.1) is 0 Å². The molecule has 1 aromatic rings. The Morgan fingerprint density at radius 3 is 2.92 bits per heavy atom. The van der Waals surface area contributed by atoms with Crippen LogP contribution in [0.4, 0.5) is 4.39 Å². The van der Waals surface area contributed by atoms with Gasteiger partial charge in [0.15, 0.2) is 0 Å². The van der Waals surface area contributed by atoms with Gasteiger partial charge in [-0.15, -0.1) is 0 Å². The van der Waals surface area contributed by atoms with E-state index in [1.807, 2.05) is 19.2 Å². The summed E-state index contributed by atoms with van der Waals surface area (Å²) >= 11 is 0. The quantitative estimate of drug-likeness (QED) is 0.749. The number of rotatable bonds is 3. The molecule has 1 saturated carbocycles. The van der Waals surface area contributed by atoms with E-state index in [0.717, 1.165) is 18.5 Å². The maximum absolute atomic E-state index is 13.3. The summed E-state index contributed by atoms with van der Waals surface area (Å²) in [6, 6.07) is 7.10. The molecule has 1 aliphatic rings. The van der Waals surface area contributed by atoms with Crippen LogP contribution < -0.4 is 5.32 Å². The molecule has 1 N–H and O–H groups in total. The Labute approximate surface area is 78.0 Å². The first kappa shape index (κ1) is 8.70. The molecule has 1 nitrogen and oxygen atoms in total. The van der Waals surface area contributed by atoms with Crippen molar-refractivity contribution in [3.8, 4) is 0 Å². The molecule has 0 aromatic heterocycles. The van der Waals surface area contributed by atoms with Crippen LogP contribution in [0.3, 0.4) is 0 Å². The first-order chi connectivity index (χ1) is 6.33. The molecule has 13 heavy (non-hydrogen) atoms. The average molecular weight is 179 g/mol. The van der Waals surface area contributed by atoms with Crippen molar-refractivity contribution in [2.45, 2.75) is 12.3 Å². The van der Waals surface area contributed by atoms with E-state index < -0.39 is 0 Å². The van der Waals surface area contributed by atoms with Gasteiger partial charge in [-0.1, -0.05) is 18.2 Å². The summed E-state index contributed by atoms with van der Waals surface area (Å²) in [5.74, 6) is 1.04. The minimum Gasteiger partial charge on any atom is -0.319 e. The summed E-state index contributed by atoms with van der Waals surface area (Å²) in [4.78, 5) is 0. The largest absolute Gasteiger partial charge is 0.319 e. The number of nitrogens with one attached hydrogen (secondary N) is 1. The first-order valence-corrected chi connectivity index (χ1v) is 4.72. The molecule has 0 radical (unpaired) electrons. The van der Waals surface area contributed by atoms with Gasteiger partial charge in [0, 0.05) is 0 Å². The highest BCUT2D eigenvalue weighted by atomic mass is 19.1. The minimum absolute atomic E-state index is 0.0499. The van der Waals surface area contributed by atoms with Crippen LogP contribution in [0, 0.1) is 11.7 Å². The Balaban J connectivity index is 2.07. The topological polar surface area (TPSA) is 12.0 Å². The zero-order chi connectivity index (χ0) is 9.26. The molecule has 1 fully saturated rings. The van der Waals surface area contributed by atoms with Gasteiger partial charge in [0.25, 0.3) is 0 Å². The van der Waals surface area contributed by atoms with Crippen LogP contribution in [0.25, 0.3) is 0 Å². The molecular weight excluding hydrogens is 165 g/mol. The van der Waals surface area contributed by atoms with E-state index >= 15 is 0 Å². The van der Waals surface area contributed by atoms with Crippen LogP contribution in [-0.4, -0.2) is 13.6 Å². The van der Waals surface area contributed by atoms with E-state index in [-0.39, 0.29) is 5.82 Å². The van der Waals surface area contributed by atoms with Gasteiger partial charge in [-0.2, -0.15) is 0 Å². The van der Waals surface area contributed by atoms with Gasteiger partial charge in [-0.25, -0.2) is 4.39 Å². The van der Waals surface area contributed by atoms with E-state index in [4.69, 9.17) is 0 Å². The Bertz CT molecular complexity index is 298. The molecule has 2 heteroatoms. The zero-order valence-corrected chi connectivity index (χ0v) is 7.76. The van der Waals surface area contributed by atoms with Crippen LogP contribution in [0.5, 0.6) is 0 Å². The second-order valence-electron chi connectivity index (χ2n) is 3.68. The standard InChI is InChI=1S/C11H14FN/c1-13-7-8-6-10(8)9-4-2-3-5-11(9)12/h2-5,8,10,13H,6-7H2,1H3/t8-,10-/m0/s1. The maximum atomic E-state index is 13.3. The smallest absolute Gasteiger partial charge is 0.126 e. The lowest BCUT2D eigenvalue weighted by Gasteiger charge is -2.01. The lowest BCUT2D eigenvalue weighted by Crippen LogP contribution is -2.10. The molecule has 0 unspecified atom stereocenters. The molecule has 0 aliphatic heterocycles. The van der Waals surface area contributed by atoms with E-state index in [0.29, 0.717) is 11.8 Å². The highest BCUT2D eigenvalue weighted by Crippen LogP contribution is 2.47. The van der Waals surface area contributed by atoms with Crippen molar-refractivity contribution in [3.05, 3.63) is 35.6 Å². The SMILES string of the molecule is CNC[C@@H]1C[C@@H]1c1ccccc1F. The van der Waals surface area contributed by atoms with Crippen LogP contribution in [0.1, 0.15) is 17.9 Å². The maximum Gasteiger partial charge on any atom is 0.126 e. The lowest BCUT2D eigenvalue weighted by molar-refractivity contribution is 0.602. The van der Waals surface area contributed by atoms with Gasteiger partial charge in [0.1, 0.15) is 5.82 Å². The van der Waals surface area contributed by atoms with Gasteiger partial charge < -0.3 is 5.32 Å². The van der Waals surface area contributed by atoms with Crippen molar-refractivity contribution < 1.29 is 4.39 Å². The molecule has 1 aromatic carbocycles. The van der Waals surface area contributed by atoms with Crippen molar-refractivity contribution >= 4 is 0 Å². The van der Waals surface area contributed by atoms with E-state index in [1.165, 1.54) is 0 Å². The molecule has 2 atom stereocenters. The summed E-state index contributed by atoms with van der Waals surface area (Å²) in [6.07, 6.45) is 1.13. The number of halogens is 1. The zero-order valence-electron chi connectivity index (χ0n) is 7.76. The summed E-state index contributed by atoms with van der Waals surface area (Å²) in [7, 11) is 1.94. The fraction of sp³-hybridized carbons (Fsp3) is 0.455. The third kappa shape index (κ3) is 1.73. The number of benzene rings is 1. The molecule has 0 bridgehead atoms. The molecular formula is C11H14FN. The Morgan fingerprint density at radius 2 is 2.23 bits per heavy atom. The predicted molar refractivity (Wildman–Crippen MR) is 51.2 cm³/mol.